The number of benzene rings is 1. The van der Waals surface area contributed by atoms with E-state index in [0.29, 0.717) is 12.1 Å². The van der Waals surface area contributed by atoms with Crippen molar-refractivity contribution in [2.45, 2.75) is 53.4 Å². The third-order valence-corrected chi connectivity index (χ3v) is 4.43. The van der Waals surface area contributed by atoms with Gasteiger partial charge in [0, 0.05) is 0 Å². The predicted octanol–water partition coefficient (Wildman–Crippen LogP) is 3.93. The zero-order valence-corrected chi connectivity index (χ0v) is 17.5. The molecule has 1 aromatic carbocycles. The number of rotatable bonds is 11. The van der Waals surface area contributed by atoms with Gasteiger partial charge in [-0.1, -0.05) is 27.7 Å². The molecule has 29 heavy (non-hydrogen) atoms. The molecule has 0 fully saturated rings. The Bertz CT molecular complexity index is 645. The topological polar surface area (TPSA) is 152 Å². The van der Waals surface area contributed by atoms with E-state index in [0.717, 1.165) is 0 Å². The number of nitro groups is 3. The van der Waals surface area contributed by atoms with Crippen molar-refractivity contribution in [3.05, 3.63) is 42.5 Å². The van der Waals surface area contributed by atoms with Crippen LogP contribution in [0.2, 0.25) is 0 Å². The Morgan fingerprint density at radius 1 is 0.690 bits per heavy atom. The van der Waals surface area contributed by atoms with Gasteiger partial charge in [-0.25, -0.2) is 0 Å². The molecule has 0 spiro atoms. The van der Waals surface area contributed by atoms with Crippen molar-refractivity contribution in [2.75, 3.05) is 26.2 Å². The highest BCUT2D eigenvalue weighted by Gasteiger charge is 2.24. The minimum atomic E-state index is -1.46. The summed E-state index contributed by atoms with van der Waals surface area (Å²) in [7, 11) is 0. The molecule has 0 saturated heterocycles. The van der Waals surface area contributed by atoms with Gasteiger partial charge in [-0.3, -0.25) is 30.3 Å². The fourth-order valence-corrected chi connectivity index (χ4v) is 3.53. The van der Waals surface area contributed by atoms with E-state index < -0.39 is 37.6 Å². The van der Waals surface area contributed by atoms with Crippen LogP contribution in [-0.2, 0) is 0 Å². The molecule has 0 amide bonds. The van der Waals surface area contributed by atoms with E-state index in [1.807, 2.05) is 0 Å². The van der Waals surface area contributed by atoms with Crippen LogP contribution in [0.5, 0.6) is 5.75 Å². The smallest absolute Gasteiger partial charge is 0.283 e. The van der Waals surface area contributed by atoms with Crippen LogP contribution < -0.4 is 5.11 Å². The van der Waals surface area contributed by atoms with E-state index in [1.54, 1.807) is 0 Å². The van der Waals surface area contributed by atoms with E-state index in [4.69, 9.17) is 0 Å². The fraction of sp³-hybridized carbons (Fsp3) is 0.667. The lowest BCUT2D eigenvalue weighted by Crippen LogP contribution is -2.50. The highest BCUT2D eigenvalue weighted by molar-refractivity contribution is 5.63. The Labute approximate surface area is 170 Å². The van der Waals surface area contributed by atoms with Crippen molar-refractivity contribution in [1.29, 1.82) is 0 Å². The van der Waals surface area contributed by atoms with Crippen LogP contribution in [0.3, 0.4) is 0 Å². The van der Waals surface area contributed by atoms with E-state index in [9.17, 15) is 35.4 Å². The molecule has 164 valence electrons. The van der Waals surface area contributed by atoms with Crippen LogP contribution in [-0.4, -0.2) is 45.4 Å². The first-order chi connectivity index (χ1) is 13.6. The van der Waals surface area contributed by atoms with E-state index in [1.165, 1.54) is 56.3 Å². The van der Waals surface area contributed by atoms with Crippen LogP contribution in [0, 0.1) is 30.3 Å². The molecule has 0 heterocycles. The van der Waals surface area contributed by atoms with Gasteiger partial charge in [0.25, 0.3) is 17.1 Å². The number of quaternary nitrogens is 1. The van der Waals surface area contributed by atoms with Gasteiger partial charge in [0.2, 0.25) is 0 Å². The molecule has 0 unspecified atom stereocenters. The van der Waals surface area contributed by atoms with Gasteiger partial charge in [-0.15, -0.1) is 0 Å². The minimum absolute atomic E-state index is 0.384. The molecule has 0 saturated carbocycles. The first-order valence-corrected chi connectivity index (χ1v) is 9.72. The standard InChI is InChI=1S/C12H28N.C6H3N3O7/c1-5-9-13(10-6-2,11-7-3)12-8-4;10-6-4(8(13)14)1-3(7(11)12)2-5(6)9(15)16/h5-12H2,1-4H3;1-2,10H/q+1;/p-1. The van der Waals surface area contributed by atoms with Crippen molar-refractivity contribution in [1.82, 2.24) is 0 Å². The summed E-state index contributed by atoms with van der Waals surface area (Å²) in [6.07, 6.45) is 5.33. The van der Waals surface area contributed by atoms with Crippen molar-refractivity contribution < 1.29 is 24.4 Å². The molecule has 0 bridgehead atoms. The molecule has 0 aromatic heterocycles. The highest BCUT2D eigenvalue weighted by atomic mass is 16.6. The van der Waals surface area contributed by atoms with Crippen LogP contribution in [0.25, 0.3) is 0 Å². The lowest BCUT2D eigenvalue weighted by Gasteiger charge is -2.38. The number of nitro benzene ring substituents is 3. The molecule has 1 aromatic rings. The summed E-state index contributed by atoms with van der Waals surface area (Å²) in [5.74, 6) is -1.46. The Morgan fingerprint density at radius 3 is 1.21 bits per heavy atom. The number of non-ortho nitro benzene ring substituents is 1. The van der Waals surface area contributed by atoms with Crippen LogP contribution in [0.4, 0.5) is 17.1 Å². The summed E-state index contributed by atoms with van der Waals surface area (Å²) in [6.45, 7) is 14.8. The summed E-state index contributed by atoms with van der Waals surface area (Å²) in [5.41, 5.74) is -3.26. The first kappa shape index (κ1) is 26.2. The number of nitrogens with zero attached hydrogens (tertiary/aromatic N) is 4. The summed E-state index contributed by atoms with van der Waals surface area (Å²) < 4.78 is 1.38. The van der Waals surface area contributed by atoms with Crippen LogP contribution in [0.15, 0.2) is 12.1 Å². The van der Waals surface area contributed by atoms with Gasteiger partial charge in [0.15, 0.2) is 0 Å². The zero-order chi connectivity index (χ0) is 22.6. The Hall–Kier alpha value is -2.82. The van der Waals surface area contributed by atoms with Gasteiger partial charge in [0.1, 0.15) is 0 Å². The SMILES string of the molecule is CCC[N+](CCC)(CCC)CCC.O=[N+]([O-])c1cc([N+](=O)[O-])c([O-])c([N+](=O)[O-])c1. The van der Waals surface area contributed by atoms with Gasteiger partial charge in [0.05, 0.1) is 58.8 Å². The normalized spacial score (nSPS) is 10.8. The van der Waals surface area contributed by atoms with Gasteiger partial charge < -0.3 is 9.59 Å². The summed E-state index contributed by atoms with van der Waals surface area (Å²) in [6, 6.07) is 0.769. The maximum atomic E-state index is 11.1. The minimum Gasteiger partial charge on any atom is -0.863 e. The lowest BCUT2D eigenvalue weighted by atomic mass is 10.2. The van der Waals surface area contributed by atoms with Gasteiger partial charge in [-0.2, -0.15) is 0 Å². The van der Waals surface area contributed by atoms with Gasteiger partial charge >= 0.3 is 0 Å². The van der Waals surface area contributed by atoms with Crippen molar-refractivity contribution in [3.63, 3.8) is 0 Å². The Balaban J connectivity index is 0.000000555. The lowest BCUT2D eigenvalue weighted by molar-refractivity contribution is -0.928. The largest absolute Gasteiger partial charge is 0.863 e. The molecular formula is C18H30N4O7. The molecular weight excluding hydrogens is 384 g/mol. The van der Waals surface area contributed by atoms with E-state index >= 15 is 0 Å². The first-order valence-electron chi connectivity index (χ1n) is 9.72. The quantitative estimate of drug-likeness (QED) is 0.302. The molecule has 11 nitrogen and oxygen atoms in total. The fourth-order valence-electron chi connectivity index (χ4n) is 3.53. The molecule has 0 atom stereocenters. The molecule has 0 aliphatic carbocycles. The Kier molecular flexibility index (Phi) is 11.4. The van der Waals surface area contributed by atoms with Gasteiger partial charge in [-0.05, 0) is 25.7 Å². The average molecular weight is 414 g/mol. The summed E-state index contributed by atoms with van der Waals surface area (Å²) in [4.78, 5) is 27.5. The third kappa shape index (κ3) is 7.98. The monoisotopic (exact) mass is 414 g/mol. The van der Waals surface area contributed by atoms with E-state index in [-0.39, 0.29) is 0 Å². The average Bonchev–Trinajstić information content (AvgIpc) is 2.62. The Morgan fingerprint density at radius 2 is 1.00 bits per heavy atom. The summed E-state index contributed by atoms with van der Waals surface area (Å²) >= 11 is 0. The molecule has 0 aliphatic rings. The zero-order valence-electron chi connectivity index (χ0n) is 17.5. The van der Waals surface area contributed by atoms with Crippen LogP contribution >= 0.6 is 0 Å². The highest BCUT2D eigenvalue weighted by Crippen LogP contribution is 2.36. The number of hydrogen-bond acceptors (Lipinski definition) is 7. The molecule has 11 heteroatoms. The van der Waals surface area contributed by atoms with Crippen molar-refractivity contribution in [3.8, 4) is 5.75 Å². The third-order valence-electron chi connectivity index (χ3n) is 4.43. The second kappa shape index (κ2) is 12.6. The molecule has 1 rings (SSSR count). The predicted molar refractivity (Wildman–Crippen MR) is 107 cm³/mol. The maximum Gasteiger partial charge on any atom is 0.283 e. The molecule has 0 N–H and O–H groups in total. The second-order valence-corrected chi connectivity index (χ2v) is 6.82. The molecule has 0 aliphatic heterocycles. The molecule has 0 radical (unpaired) electrons. The maximum absolute atomic E-state index is 11.1. The second-order valence-electron chi connectivity index (χ2n) is 6.82. The number of hydrogen-bond donors (Lipinski definition) is 0. The van der Waals surface area contributed by atoms with Crippen molar-refractivity contribution >= 4 is 17.1 Å². The summed E-state index contributed by atoms with van der Waals surface area (Å²) in [5, 5.41) is 42.1. The van der Waals surface area contributed by atoms with Crippen molar-refractivity contribution in [2.24, 2.45) is 0 Å². The van der Waals surface area contributed by atoms with Crippen LogP contribution in [0.1, 0.15) is 53.4 Å². The van der Waals surface area contributed by atoms with E-state index in [2.05, 4.69) is 27.7 Å².